The van der Waals surface area contributed by atoms with Crippen molar-refractivity contribution < 1.29 is 24.2 Å². The summed E-state index contributed by atoms with van der Waals surface area (Å²) in [6.45, 7) is 14.7. The highest BCUT2D eigenvalue weighted by atomic mass is 16.6. The summed E-state index contributed by atoms with van der Waals surface area (Å²) in [4.78, 5) is 41.2. The van der Waals surface area contributed by atoms with Crippen LogP contribution in [0.2, 0.25) is 0 Å². The van der Waals surface area contributed by atoms with Crippen molar-refractivity contribution in [1.82, 2.24) is 15.5 Å². The first-order chi connectivity index (χ1) is 17.3. The quantitative estimate of drug-likeness (QED) is 0.302. The zero-order valence-corrected chi connectivity index (χ0v) is 24.1. The molecule has 0 aromatic heterocycles. The van der Waals surface area contributed by atoms with E-state index >= 15 is 0 Å². The SMILES string of the molecule is CCCCCCCCN(C(=O)C(CO)NC(=O)OC(C)(C)C)C(C(=O)NC(C)C)c1ccc(C)c(C)c1. The molecule has 0 bridgehead atoms. The Labute approximate surface area is 223 Å². The predicted molar refractivity (Wildman–Crippen MR) is 147 cm³/mol. The number of amides is 3. The summed E-state index contributed by atoms with van der Waals surface area (Å²) < 4.78 is 5.30. The van der Waals surface area contributed by atoms with Crippen molar-refractivity contribution in [2.75, 3.05) is 13.2 Å². The Bertz CT molecular complexity index is 879. The monoisotopic (exact) mass is 519 g/mol. The van der Waals surface area contributed by atoms with Crippen molar-refractivity contribution >= 4 is 17.9 Å². The second-order valence-electron chi connectivity index (χ2n) is 11.1. The van der Waals surface area contributed by atoms with Gasteiger partial charge in [-0.2, -0.15) is 0 Å². The summed E-state index contributed by atoms with van der Waals surface area (Å²) in [5.74, 6) is -0.824. The van der Waals surface area contributed by atoms with Crippen LogP contribution < -0.4 is 10.6 Å². The fourth-order valence-corrected chi connectivity index (χ4v) is 4.04. The third-order valence-corrected chi connectivity index (χ3v) is 6.04. The molecule has 0 saturated carbocycles. The third-order valence-electron chi connectivity index (χ3n) is 6.04. The van der Waals surface area contributed by atoms with Gasteiger partial charge < -0.3 is 25.4 Å². The van der Waals surface area contributed by atoms with E-state index in [-0.39, 0.29) is 11.9 Å². The maximum absolute atomic E-state index is 13.8. The molecule has 0 aliphatic heterocycles. The van der Waals surface area contributed by atoms with Crippen molar-refractivity contribution in [2.45, 2.75) is 118 Å². The predicted octanol–water partition coefficient (Wildman–Crippen LogP) is 4.94. The first-order valence-corrected chi connectivity index (χ1v) is 13.6. The average Bonchev–Trinajstić information content (AvgIpc) is 2.78. The number of aliphatic hydroxyl groups excluding tert-OH is 1. The van der Waals surface area contributed by atoms with Crippen molar-refractivity contribution in [1.29, 1.82) is 0 Å². The number of hydrogen-bond donors (Lipinski definition) is 3. The molecule has 0 aliphatic rings. The van der Waals surface area contributed by atoms with Gasteiger partial charge in [0.25, 0.3) is 0 Å². The summed E-state index contributed by atoms with van der Waals surface area (Å²) in [6, 6.07) is 3.47. The second-order valence-corrected chi connectivity index (χ2v) is 11.1. The minimum atomic E-state index is -1.24. The van der Waals surface area contributed by atoms with Crippen molar-refractivity contribution in [2.24, 2.45) is 0 Å². The molecule has 1 rings (SSSR count). The lowest BCUT2D eigenvalue weighted by Gasteiger charge is -2.34. The van der Waals surface area contributed by atoms with Gasteiger partial charge in [-0.15, -0.1) is 0 Å². The molecule has 210 valence electrons. The molecule has 0 fully saturated rings. The zero-order chi connectivity index (χ0) is 28.2. The zero-order valence-electron chi connectivity index (χ0n) is 24.1. The van der Waals surface area contributed by atoms with Gasteiger partial charge in [-0.3, -0.25) is 9.59 Å². The number of unbranched alkanes of at least 4 members (excludes halogenated alkanes) is 5. The molecule has 2 atom stereocenters. The van der Waals surface area contributed by atoms with E-state index < -0.39 is 36.3 Å². The van der Waals surface area contributed by atoms with E-state index in [0.29, 0.717) is 18.5 Å². The van der Waals surface area contributed by atoms with E-state index in [1.807, 2.05) is 45.9 Å². The van der Waals surface area contributed by atoms with Gasteiger partial charge in [0.15, 0.2) is 0 Å². The van der Waals surface area contributed by atoms with Gasteiger partial charge in [0, 0.05) is 12.6 Å². The molecule has 8 nitrogen and oxygen atoms in total. The van der Waals surface area contributed by atoms with Crippen molar-refractivity contribution in [3.8, 4) is 0 Å². The topological polar surface area (TPSA) is 108 Å². The van der Waals surface area contributed by atoms with Gasteiger partial charge in [-0.05, 0) is 71.6 Å². The van der Waals surface area contributed by atoms with Gasteiger partial charge in [-0.25, -0.2) is 4.79 Å². The smallest absolute Gasteiger partial charge is 0.408 e. The number of nitrogens with one attached hydrogen (secondary N) is 2. The summed E-state index contributed by atoms with van der Waals surface area (Å²) in [6.07, 6.45) is 5.30. The molecule has 37 heavy (non-hydrogen) atoms. The standard InChI is InChI=1S/C29H49N3O5/c1-9-10-11-12-13-14-17-32(27(35)24(19-33)31-28(36)37-29(6,7)8)25(26(34)30-20(2)3)23-16-15-21(4)22(5)18-23/h15-16,18,20,24-25,33H,9-14,17,19H2,1-8H3,(H,30,34)(H,31,36). The molecular weight excluding hydrogens is 470 g/mol. The van der Waals surface area contributed by atoms with Crippen LogP contribution >= 0.6 is 0 Å². The van der Waals surface area contributed by atoms with Gasteiger partial charge in [0.05, 0.1) is 6.61 Å². The molecule has 3 amide bonds. The first-order valence-electron chi connectivity index (χ1n) is 13.6. The molecule has 0 spiro atoms. The Balaban J connectivity index is 3.36. The summed E-state index contributed by atoms with van der Waals surface area (Å²) >= 11 is 0. The molecule has 1 aromatic rings. The Morgan fingerprint density at radius 1 is 0.973 bits per heavy atom. The maximum atomic E-state index is 13.8. The van der Waals surface area contributed by atoms with E-state index in [1.54, 1.807) is 20.8 Å². The van der Waals surface area contributed by atoms with Crippen molar-refractivity contribution in [3.63, 3.8) is 0 Å². The summed E-state index contributed by atoms with van der Waals surface area (Å²) in [5, 5.41) is 15.5. The fraction of sp³-hybridized carbons (Fsp3) is 0.690. The van der Waals surface area contributed by atoms with Crippen LogP contribution in [-0.4, -0.2) is 58.8 Å². The van der Waals surface area contributed by atoms with Gasteiger partial charge >= 0.3 is 6.09 Å². The van der Waals surface area contributed by atoms with Crippen LogP contribution in [0.4, 0.5) is 4.79 Å². The van der Waals surface area contributed by atoms with Gasteiger partial charge in [0.2, 0.25) is 11.8 Å². The van der Waals surface area contributed by atoms with Gasteiger partial charge in [-0.1, -0.05) is 57.2 Å². The van der Waals surface area contributed by atoms with Gasteiger partial charge in [0.1, 0.15) is 17.7 Å². The number of benzene rings is 1. The Kier molecular flexibility index (Phi) is 13.7. The average molecular weight is 520 g/mol. The highest BCUT2D eigenvalue weighted by Gasteiger charge is 2.36. The second kappa shape index (κ2) is 15.6. The number of alkyl carbamates (subject to hydrolysis) is 1. The Hall–Kier alpha value is -2.61. The van der Waals surface area contributed by atoms with E-state index in [0.717, 1.165) is 43.2 Å². The number of nitrogens with zero attached hydrogens (tertiary/aromatic N) is 1. The van der Waals surface area contributed by atoms with Crippen LogP contribution in [0.1, 0.15) is 103 Å². The van der Waals surface area contributed by atoms with Crippen LogP contribution in [0.25, 0.3) is 0 Å². The first kappa shape index (κ1) is 32.4. The van der Waals surface area contributed by atoms with E-state index in [2.05, 4.69) is 17.6 Å². The van der Waals surface area contributed by atoms with Crippen LogP contribution in [0.3, 0.4) is 0 Å². The van der Waals surface area contributed by atoms with Crippen LogP contribution in [0.15, 0.2) is 18.2 Å². The minimum Gasteiger partial charge on any atom is -0.444 e. The molecular formula is C29H49N3O5. The lowest BCUT2D eigenvalue weighted by atomic mass is 9.97. The number of aliphatic hydroxyl groups is 1. The highest BCUT2D eigenvalue weighted by Crippen LogP contribution is 2.26. The van der Waals surface area contributed by atoms with Crippen LogP contribution in [-0.2, 0) is 14.3 Å². The Morgan fingerprint density at radius 3 is 2.14 bits per heavy atom. The summed E-state index contributed by atoms with van der Waals surface area (Å²) in [7, 11) is 0. The molecule has 0 radical (unpaired) electrons. The maximum Gasteiger partial charge on any atom is 0.408 e. The normalized spacial score (nSPS) is 13.1. The lowest BCUT2D eigenvalue weighted by Crippen LogP contribution is -2.55. The van der Waals surface area contributed by atoms with E-state index in [4.69, 9.17) is 4.74 Å². The van der Waals surface area contributed by atoms with Crippen LogP contribution in [0.5, 0.6) is 0 Å². The van der Waals surface area contributed by atoms with Crippen molar-refractivity contribution in [3.05, 3.63) is 34.9 Å². The molecule has 3 N–H and O–H groups in total. The van der Waals surface area contributed by atoms with E-state index in [9.17, 15) is 19.5 Å². The fourth-order valence-electron chi connectivity index (χ4n) is 4.04. The number of carbonyl (C=O) groups is 3. The number of hydrogen-bond acceptors (Lipinski definition) is 5. The number of ether oxygens (including phenoxy) is 1. The molecule has 2 unspecified atom stereocenters. The Morgan fingerprint density at radius 2 is 1.59 bits per heavy atom. The van der Waals surface area contributed by atoms with Crippen LogP contribution in [0, 0.1) is 13.8 Å². The summed E-state index contributed by atoms with van der Waals surface area (Å²) in [5.41, 5.74) is 2.03. The molecule has 0 saturated heterocycles. The molecule has 8 heteroatoms. The lowest BCUT2D eigenvalue weighted by molar-refractivity contribution is -0.143. The van der Waals surface area contributed by atoms with E-state index in [1.165, 1.54) is 4.90 Å². The molecule has 1 aromatic carbocycles. The molecule has 0 heterocycles. The third kappa shape index (κ3) is 11.5. The number of rotatable bonds is 14. The molecule has 0 aliphatic carbocycles. The largest absolute Gasteiger partial charge is 0.444 e. The minimum absolute atomic E-state index is 0.124. The number of aryl methyl sites for hydroxylation is 2. The number of carbonyl (C=O) groups excluding carboxylic acids is 3. The highest BCUT2D eigenvalue weighted by molar-refractivity contribution is 5.92.